The van der Waals surface area contributed by atoms with Crippen LogP contribution >= 0.6 is 0 Å². The molecule has 1 saturated heterocycles. The number of ketones is 1. The summed E-state index contributed by atoms with van der Waals surface area (Å²) in [6.45, 7) is 7.80. The minimum Gasteiger partial charge on any atom is -0.444 e. The van der Waals surface area contributed by atoms with E-state index in [-0.39, 0.29) is 12.2 Å². The van der Waals surface area contributed by atoms with Crippen LogP contribution < -0.4 is 0 Å². The third-order valence-electron chi connectivity index (χ3n) is 2.67. The Morgan fingerprint density at radius 3 is 2.29 bits per heavy atom. The zero-order valence-electron chi connectivity index (χ0n) is 10.8. The first-order valence-corrected chi connectivity index (χ1v) is 5.63. The van der Waals surface area contributed by atoms with Crippen molar-refractivity contribution in [2.24, 2.45) is 5.41 Å². The van der Waals surface area contributed by atoms with Crippen LogP contribution in [0.4, 0.5) is 4.79 Å². The van der Waals surface area contributed by atoms with Crippen LogP contribution in [0.5, 0.6) is 0 Å². The highest BCUT2D eigenvalue weighted by Gasteiger charge is 2.47. The van der Waals surface area contributed by atoms with Crippen LogP contribution in [0.15, 0.2) is 0 Å². The standard InChI is InChI=1S/C12H19NO4/c1-11(2,3)17-10(16)13-7-12(4,8-13)9(15)5-6-14/h6H,5,7-8H2,1-4H3. The van der Waals surface area contributed by atoms with E-state index >= 15 is 0 Å². The van der Waals surface area contributed by atoms with Crippen molar-refractivity contribution in [1.29, 1.82) is 0 Å². The zero-order valence-corrected chi connectivity index (χ0v) is 10.8. The average Bonchev–Trinajstić information content (AvgIpc) is 2.10. The molecule has 0 spiro atoms. The van der Waals surface area contributed by atoms with Gasteiger partial charge in [0.1, 0.15) is 17.7 Å². The van der Waals surface area contributed by atoms with Gasteiger partial charge in [0.2, 0.25) is 0 Å². The smallest absolute Gasteiger partial charge is 0.410 e. The van der Waals surface area contributed by atoms with Gasteiger partial charge in [0.25, 0.3) is 0 Å². The van der Waals surface area contributed by atoms with E-state index in [4.69, 9.17) is 4.74 Å². The average molecular weight is 241 g/mol. The summed E-state index contributed by atoms with van der Waals surface area (Å²) in [6, 6.07) is 0. The van der Waals surface area contributed by atoms with Crippen LogP contribution in [0.3, 0.4) is 0 Å². The molecular weight excluding hydrogens is 222 g/mol. The maximum Gasteiger partial charge on any atom is 0.410 e. The number of aldehydes is 1. The molecule has 1 aliphatic heterocycles. The lowest BCUT2D eigenvalue weighted by molar-refractivity contribution is -0.137. The number of rotatable bonds is 3. The molecule has 0 radical (unpaired) electrons. The van der Waals surface area contributed by atoms with Crippen LogP contribution in [0, 0.1) is 5.41 Å². The maximum absolute atomic E-state index is 11.6. The molecule has 0 aromatic rings. The van der Waals surface area contributed by atoms with Gasteiger partial charge in [-0.05, 0) is 27.7 Å². The number of ether oxygens (including phenoxy) is 1. The highest BCUT2D eigenvalue weighted by Crippen LogP contribution is 2.32. The molecule has 17 heavy (non-hydrogen) atoms. The van der Waals surface area contributed by atoms with E-state index in [1.165, 1.54) is 4.90 Å². The van der Waals surface area contributed by atoms with E-state index in [1.807, 2.05) is 0 Å². The number of Topliss-reactive ketones (excluding diaryl/α,β-unsaturated/α-hetero) is 1. The highest BCUT2D eigenvalue weighted by molar-refractivity contribution is 5.95. The van der Waals surface area contributed by atoms with Crippen LogP contribution in [0.2, 0.25) is 0 Å². The Hall–Kier alpha value is -1.39. The number of carbonyl (C=O) groups excluding carboxylic acids is 3. The minimum absolute atomic E-state index is 0.0847. The summed E-state index contributed by atoms with van der Waals surface area (Å²) in [6.07, 6.45) is 0.108. The molecule has 96 valence electrons. The summed E-state index contributed by atoms with van der Waals surface area (Å²) in [7, 11) is 0. The van der Waals surface area contributed by atoms with E-state index in [0.717, 1.165) is 0 Å². The first-order valence-electron chi connectivity index (χ1n) is 5.63. The molecule has 5 nitrogen and oxygen atoms in total. The molecule has 0 aromatic heterocycles. The van der Waals surface area contributed by atoms with Crippen LogP contribution in [0.1, 0.15) is 34.1 Å². The molecule has 1 rings (SSSR count). The van der Waals surface area contributed by atoms with Crippen molar-refractivity contribution < 1.29 is 19.1 Å². The predicted octanol–water partition coefficient (Wildman–Crippen LogP) is 1.40. The third-order valence-corrected chi connectivity index (χ3v) is 2.67. The normalized spacial score (nSPS) is 18.2. The molecule has 0 N–H and O–H groups in total. The first kappa shape index (κ1) is 13.7. The monoisotopic (exact) mass is 241 g/mol. The van der Waals surface area contributed by atoms with Gasteiger partial charge in [0, 0.05) is 13.1 Å². The second-order valence-electron chi connectivity index (χ2n) is 5.69. The number of likely N-dealkylation sites (tertiary alicyclic amines) is 1. The molecule has 0 aliphatic carbocycles. The zero-order chi connectivity index (χ0) is 13.3. The van der Waals surface area contributed by atoms with Gasteiger partial charge in [-0.1, -0.05) is 0 Å². The minimum atomic E-state index is -0.586. The number of nitrogens with zero attached hydrogens (tertiary/aromatic N) is 1. The van der Waals surface area contributed by atoms with E-state index < -0.39 is 17.1 Å². The molecule has 0 atom stereocenters. The van der Waals surface area contributed by atoms with Crippen LogP contribution in [-0.2, 0) is 14.3 Å². The Labute approximate surface area is 101 Å². The quantitative estimate of drug-likeness (QED) is 0.553. The largest absolute Gasteiger partial charge is 0.444 e. The van der Waals surface area contributed by atoms with Gasteiger partial charge in [-0.15, -0.1) is 0 Å². The molecule has 1 fully saturated rings. The summed E-state index contributed by atoms with van der Waals surface area (Å²) >= 11 is 0. The third kappa shape index (κ3) is 3.28. The molecule has 1 aliphatic rings. The number of carbonyl (C=O) groups is 3. The van der Waals surface area contributed by atoms with Crippen LogP contribution in [0.25, 0.3) is 0 Å². The highest BCUT2D eigenvalue weighted by atomic mass is 16.6. The lowest BCUT2D eigenvalue weighted by atomic mass is 9.77. The molecule has 0 saturated carbocycles. The van der Waals surface area contributed by atoms with Gasteiger partial charge in [0.15, 0.2) is 0 Å². The van der Waals surface area contributed by atoms with Gasteiger partial charge in [-0.25, -0.2) is 4.79 Å². The van der Waals surface area contributed by atoms with Crippen molar-refractivity contribution in [3.05, 3.63) is 0 Å². The fraction of sp³-hybridized carbons (Fsp3) is 0.750. The van der Waals surface area contributed by atoms with E-state index in [1.54, 1.807) is 27.7 Å². The van der Waals surface area contributed by atoms with Gasteiger partial charge in [-0.3, -0.25) is 4.79 Å². The second kappa shape index (κ2) is 4.47. The topological polar surface area (TPSA) is 63.7 Å². The molecule has 1 heterocycles. The molecular formula is C12H19NO4. The van der Waals surface area contributed by atoms with E-state index in [9.17, 15) is 14.4 Å². The summed E-state index contributed by atoms with van der Waals surface area (Å²) in [5.41, 5.74) is -1.12. The fourth-order valence-corrected chi connectivity index (χ4v) is 1.75. The van der Waals surface area contributed by atoms with Crippen molar-refractivity contribution in [1.82, 2.24) is 4.90 Å². The van der Waals surface area contributed by atoms with Gasteiger partial charge >= 0.3 is 6.09 Å². The maximum atomic E-state index is 11.6. The molecule has 0 unspecified atom stereocenters. The SMILES string of the molecule is CC(C)(C)OC(=O)N1CC(C)(C(=O)CC=O)C1. The molecule has 5 heteroatoms. The Kier molecular flexibility index (Phi) is 3.59. The van der Waals surface area contributed by atoms with Gasteiger partial charge < -0.3 is 14.4 Å². The van der Waals surface area contributed by atoms with Crippen molar-refractivity contribution >= 4 is 18.2 Å². The van der Waals surface area contributed by atoms with E-state index in [0.29, 0.717) is 19.4 Å². The van der Waals surface area contributed by atoms with Gasteiger partial charge in [-0.2, -0.15) is 0 Å². The Bertz CT molecular complexity index is 337. The van der Waals surface area contributed by atoms with Gasteiger partial charge in [0.05, 0.1) is 11.8 Å². The molecule has 1 amide bonds. The van der Waals surface area contributed by atoms with Crippen molar-refractivity contribution in [3.8, 4) is 0 Å². The fourth-order valence-electron chi connectivity index (χ4n) is 1.75. The summed E-state index contributed by atoms with van der Waals surface area (Å²) < 4.78 is 5.18. The number of hydrogen-bond donors (Lipinski definition) is 0. The first-order chi connectivity index (χ1) is 7.68. The van der Waals surface area contributed by atoms with E-state index in [2.05, 4.69) is 0 Å². The number of hydrogen-bond acceptors (Lipinski definition) is 4. The Morgan fingerprint density at radius 2 is 1.88 bits per heavy atom. The van der Waals surface area contributed by atoms with Crippen molar-refractivity contribution in [2.75, 3.05) is 13.1 Å². The predicted molar refractivity (Wildman–Crippen MR) is 61.6 cm³/mol. The molecule has 0 aromatic carbocycles. The lowest BCUT2D eigenvalue weighted by Gasteiger charge is -2.46. The molecule has 0 bridgehead atoms. The lowest BCUT2D eigenvalue weighted by Crippen LogP contribution is -2.61. The van der Waals surface area contributed by atoms with Crippen molar-refractivity contribution in [3.63, 3.8) is 0 Å². The second-order valence-corrected chi connectivity index (χ2v) is 5.69. The summed E-state index contributed by atoms with van der Waals surface area (Å²) in [4.78, 5) is 35.0. The number of amides is 1. The Balaban J connectivity index is 2.48. The summed E-state index contributed by atoms with van der Waals surface area (Å²) in [5, 5.41) is 0. The summed E-state index contributed by atoms with van der Waals surface area (Å²) in [5.74, 6) is -0.118. The van der Waals surface area contributed by atoms with Crippen molar-refractivity contribution in [2.45, 2.75) is 39.7 Å². The van der Waals surface area contributed by atoms with Crippen LogP contribution in [-0.4, -0.2) is 41.8 Å². The Morgan fingerprint density at radius 1 is 1.35 bits per heavy atom.